The van der Waals surface area contributed by atoms with Gasteiger partial charge in [-0.2, -0.15) is 0 Å². The number of nitrogens with one attached hydrogen (secondary N) is 1. The highest BCUT2D eigenvalue weighted by molar-refractivity contribution is 5.93. The number of nitrogens with zero attached hydrogens (tertiary/aromatic N) is 2. The highest BCUT2D eigenvalue weighted by Crippen LogP contribution is 2.38. The summed E-state index contributed by atoms with van der Waals surface area (Å²) in [5, 5.41) is 12.9. The molecule has 6 nitrogen and oxygen atoms in total. The van der Waals surface area contributed by atoms with Gasteiger partial charge in [0.1, 0.15) is 11.4 Å². The molecular weight excluding hydrogens is 361 g/mol. The van der Waals surface area contributed by atoms with Crippen LogP contribution >= 0.6 is 0 Å². The molecule has 2 aliphatic rings. The third kappa shape index (κ3) is 3.28. The molecule has 1 saturated heterocycles. The minimum atomic E-state index is -1.27. The molecule has 150 valence electrons. The second kappa shape index (κ2) is 7.20. The number of carboxylic acids is 1. The molecule has 2 unspecified atom stereocenters. The Kier molecular flexibility index (Phi) is 4.87. The van der Waals surface area contributed by atoms with Crippen molar-refractivity contribution in [2.75, 3.05) is 24.5 Å². The molecule has 2 N–H and O–H groups in total. The molecule has 2 atom stereocenters. The number of aromatic carboxylic acids is 1. The summed E-state index contributed by atoms with van der Waals surface area (Å²) in [4.78, 5) is 26.1. The maximum absolute atomic E-state index is 15.0. The van der Waals surface area contributed by atoms with E-state index in [0.717, 1.165) is 38.9 Å². The van der Waals surface area contributed by atoms with Gasteiger partial charge in [0.15, 0.2) is 0 Å². The first-order chi connectivity index (χ1) is 13.4. The van der Waals surface area contributed by atoms with E-state index < -0.39 is 17.2 Å². The number of pyridine rings is 1. The van der Waals surface area contributed by atoms with E-state index in [9.17, 15) is 19.1 Å². The summed E-state index contributed by atoms with van der Waals surface area (Å²) >= 11 is 0. The number of anilines is 1. The van der Waals surface area contributed by atoms with Gasteiger partial charge in [0.05, 0.1) is 11.2 Å². The lowest BCUT2D eigenvalue weighted by molar-refractivity contribution is 0.0695. The third-order valence-corrected chi connectivity index (χ3v) is 6.07. The van der Waals surface area contributed by atoms with Crippen molar-refractivity contribution >= 4 is 22.6 Å². The van der Waals surface area contributed by atoms with Gasteiger partial charge >= 0.3 is 5.97 Å². The fraction of sp³-hybridized carbons (Fsp3) is 0.524. The topological polar surface area (TPSA) is 74.6 Å². The molecule has 0 amide bonds. The summed E-state index contributed by atoms with van der Waals surface area (Å²) in [7, 11) is 0. The second-order valence-electron chi connectivity index (χ2n) is 7.98. The van der Waals surface area contributed by atoms with Gasteiger partial charge in [-0.3, -0.25) is 4.79 Å². The molecule has 7 heteroatoms. The molecule has 2 fully saturated rings. The van der Waals surface area contributed by atoms with Crippen LogP contribution in [0, 0.1) is 11.7 Å². The summed E-state index contributed by atoms with van der Waals surface area (Å²) in [5.41, 5.74) is 0.199. The number of carbonyl (C=O) groups is 1. The predicted molar refractivity (Wildman–Crippen MR) is 107 cm³/mol. The Morgan fingerprint density at radius 2 is 2.11 bits per heavy atom. The molecule has 0 bridgehead atoms. The van der Waals surface area contributed by atoms with E-state index in [1.165, 1.54) is 12.3 Å². The van der Waals surface area contributed by atoms with Crippen molar-refractivity contribution in [2.45, 2.75) is 45.2 Å². The molecule has 0 spiro atoms. The second-order valence-corrected chi connectivity index (χ2v) is 7.98. The van der Waals surface area contributed by atoms with Crippen molar-refractivity contribution in [1.82, 2.24) is 9.88 Å². The molecule has 1 aliphatic carbocycles. The Labute approximate surface area is 163 Å². The minimum Gasteiger partial charge on any atom is -0.477 e. The van der Waals surface area contributed by atoms with Crippen LogP contribution < -0.4 is 15.6 Å². The van der Waals surface area contributed by atoms with Crippen molar-refractivity contribution in [3.63, 3.8) is 0 Å². The highest BCUT2D eigenvalue weighted by atomic mass is 19.1. The first kappa shape index (κ1) is 18.9. The SMILES string of the molecule is CCNC(C)C1CCN(c2cc3c(cc2F)c(=O)c(C(=O)O)cn3C2CC2)C1. The summed E-state index contributed by atoms with van der Waals surface area (Å²) in [6.45, 7) is 6.67. The summed E-state index contributed by atoms with van der Waals surface area (Å²) in [6, 6.07) is 3.50. The molecule has 28 heavy (non-hydrogen) atoms. The zero-order valence-electron chi connectivity index (χ0n) is 16.2. The van der Waals surface area contributed by atoms with Gasteiger partial charge in [-0.25, -0.2) is 9.18 Å². The van der Waals surface area contributed by atoms with Gasteiger partial charge < -0.3 is 19.9 Å². The Morgan fingerprint density at radius 1 is 1.36 bits per heavy atom. The van der Waals surface area contributed by atoms with E-state index >= 15 is 0 Å². The van der Waals surface area contributed by atoms with Crippen LogP contribution in [-0.4, -0.2) is 41.3 Å². The van der Waals surface area contributed by atoms with E-state index in [2.05, 4.69) is 19.2 Å². The van der Waals surface area contributed by atoms with Crippen molar-refractivity contribution in [2.24, 2.45) is 5.92 Å². The number of carboxylic acid groups (broad SMARTS) is 1. The molecule has 2 aromatic rings. The molecule has 1 aromatic heterocycles. The third-order valence-electron chi connectivity index (χ3n) is 6.07. The minimum absolute atomic E-state index is 0.143. The normalized spacial score (nSPS) is 20.7. The number of rotatable bonds is 6. The number of aromatic nitrogens is 1. The summed E-state index contributed by atoms with van der Waals surface area (Å²) < 4.78 is 16.8. The van der Waals surface area contributed by atoms with E-state index in [-0.39, 0.29) is 17.0 Å². The molecular formula is C21H26FN3O3. The number of benzene rings is 1. The van der Waals surface area contributed by atoms with Gasteiger partial charge in [-0.1, -0.05) is 6.92 Å². The summed E-state index contributed by atoms with van der Waals surface area (Å²) in [6.07, 6.45) is 4.29. The van der Waals surface area contributed by atoms with E-state index in [4.69, 9.17) is 0 Å². The standard InChI is InChI=1S/C21H26FN3O3/c1-3-23-12(2)13-6-7-24(10-13)19-9-18-15(8-17(19)22)20(26)16(21(27)28)11-25(18)14-4-5-14/h8-9,11-14,23H,3-7,10H2,1-2H3,(H,27,28). The van der Waals surface area contributed by atoms with Crippen LogP contribution in [0.3, 0.4) is 0 Å². The molecule has 2 heterocycles. The van der Waals surface area contributed by atoms with Crippen LogP contribution in [-0.2, 0) is 0 Å². The van der Waals surface area contributed by atoms with Gasteiger partial charge in [0.2, 0.25) is 5.43 Å². The fourth-order valence-corrected chi connectivity index (χ4v) is 4.31. The molecule has 1 aliphatic heterocycles. The molecule has 4 rings (SSSR count). The first-order valence-corrected chi connectivity index (χ1v) is 10.0. The molecule has 0 radical (unpaired) electrons. The van der Waals surface area contributed by atoms with Gasteiger partial charge in [0, 0.05) is 36.8 Å². The van der Waals surface area contributed by atoms with Crippen LogP contribution in [0.25, 0.3) is 10.9 Å². The lowest BCUT2D eigenvalue weighted by Gasteiger charge is -2.23. The Hall–Kier alpha value is -2.41. The largest absolute Gasteiger partial charge is 0.477 e. The van der Waals surface area contributed by atoms with Crippen LogP contribution in [0.2, 0.25) is 0 Å². The summed E-state index contributed by atoms with van der Waals surface area (Å²) in [5.74, 6) is -1.30. The fourth-order valence-electron chi connectivity index (χ4n) is 4.31. The van der Waals surface area contributed by atoms with Gasteiger partial charge in [0.25, 0.3) is 0 Å². The van der Waals surface area contributed by atoms with E-state index in [1.54, 1.807) is 6.07 Å². The number of hydrogen-bond acceptors (Lipinski definition) is 4. The van der Waals surface area contributed by atoms with E-state index in [1.807, 2.05) is 9.47 Å². The molecule has 1 aromatic carbocycles. The van der Waals surface area contributed by atoms with Crippen LogP contribution in [0.1, 0.15) is 49.5 Å². The maximum Gasteiger partial charge on any atom is 0.341 e. The lowest BCUT2D eigenvalue weighted by atomic mass is 10.0. The van der Waals surface area contributed by atoms with Crippen molar-refractivity contribution < 1.29 is 14.3 Å². The van der Waals surface area contributed by atoms with Crippen LogP contribution in [0.15, 0.2) is 23.1 Å². The Morgan fingerprint density at radius 3 is 2.75 bits per heavy atom. The number of halogens is 1. The van der Waals surface area contributed by atoms with Crippen molar-refractivity contribution in [3.8, 4) is 0 Å². The van der Waals surface area contributed by atoms with Crippen LogP contribution in [0.4, 0.5) is 10.1 Å². The van der Waals surface area contributed by atoms with Gasteiger partial charge in [-0.05, 0) is 50.8 Å². The monoisotopic (exact) mass is 387 g/mol. The van der Waals surface area contributed by atoms with Gasteiger partial charge in [-0.15, -0.1) is 0 Å². The number of hydrogen-bond donors (Lipinski definition) is 2. The lowest BCUT2D eigenvalue weighted by Crippen LogP contribution is -2.35. The van der Waals surface area contributed by atoms with Crippen molar-refractivity contribution in [1.29, 1.82) is 0 Å². The smallest absolute Gasteiger partial charge is 0.341 e. The molecule has 1 saturated carbocycles. The zero-order valence-corrected chi connectivity index (χ0v) is 16.2. The predicted octanol–water partition coefficient (Wildman–Crippen LogP) is 3.00. The Bertz CT molecular complexity index is 983. The average Bonchev–Trinajstić information content (AvgIpc) is 3.38. The average molecular weight is 387 g/mol. The van der Waals surface area contributed by atoms with Crippen LogP contribution in [0.5, 0.6) is 0 Å². The maximum atomic E-state index is 15.0. The first-order valence-electron chi connectivity index (χ1n) is 10.0. The van der Waals surface area contributed by atoms with Crippen molar-refractivity contribution in [3.05, 3.63) is 39.9 Å². The number of fused-ring (bicyclic) bond motifs is 1. The zero-order chi connectivity index (χ0) is 20.0. The Balaban J connectivity index is 1.76. The van der Waals surface area contributed by atoms with E-state index in [0.29, 0.717) is 23.2 Å². The highest BCUT2D eigenvalue weighted by Gasteiger charge is 2.31. The quantitative estimate of drug-likeness (QED) is 0.797.